The van der Waals surface area contributed by atoms with E-state index in [9.17, 15) is 19.3 Å². The third kappa shape index (κ3) is 4.03. The van der Waals surface area contributed by atoms with Gasteiger partial charge in [-0.2, -0.15) is 0 Å². The first kappa shape index (κ1) is 17.8. The fraction of sp³-hybridized carbons (Fsp3) is 0.0667. The van der Waals surface area contributed by atoms with Gasteiger partial charge < -0.3 is 5.32 Å². The molecule has 0 aliphatic heterocycles. The molecule has 0 bridgehead atoms. The Balaban J connectivity index is 2.13. The molecule has 0 unspecified atom stereocenters. The van der Waals surface area contributed by atoms with Crippen molar-refractivity contribution in [3.8, 4) is 0 Å². The highest BCUT2D eigenvalue weighted by Crippen LogP contribution is 2.30. The van der Waals surface area contributed by atoms with E-state index < -0.39 is 16.6 Å². The Morgan fingerprint density at radius 3 is 2.62 bits per heavy atom. The standard InChI is InChI=1S/C15H11ClFN3O3S/c1-8-6-13(20(22)23)10(16)7-12(8)18-15(24)19-14(21)9-4-2-3-5-11(9)17/h2-7H,1H3,(H2,18,19,21,24). The van der Waals surface area contributed by atoms with Crippen molar-refractivity contribution >= 4 is 46.2 Å². The normalized spacial score (nSPS) is 10.1. The molecular formula is C15H11ClFN3O3S. The summed E-state index contributed by atoms with van der Waals surface area (Å²) in [5.41, 5.74) is 0.513. The van der Waals surface area contributed by atoms with Crippen molar-refractivity contribution in [2.75, 3.05) is 5.32 Å². The van der Waals surface area contributed by atoms with Gasteiger partial charge in [0.25, 0.3) is 11.6 Å². The van der Waals surface area contributed by atoms with Crippen LogP contribution in [0, 0.1) is 22.9 Å². The zero-order chi connectivity index (χ0) is 17.9. The SMILES string of the molecule is Cc1cc([N+](=O)[O-])c(Cl)cc1NC(=S)NC(=O)c1ccccc1F. The molecule has 0 atom stereocenters. The molecule has 0 spiro atoms. The van der Waals surface area contributed by atoms with Crippen LogP contribution in [0.5, 0.6) is 0 Å². The lowest BCUT2D eigenvalue weighted by Crippen LogP contribution is -2.34. The maximum atomic E-state index is 13.5. The maximum absolute atomic E-state index is 13.5. The van der Waals surface area contributed by atoms with Gasteiger partial charge in [0.15, 0.2) is 5.11 Å². The number of hydrogen-bond donors (Lipinski definition) is 2. The van der Waals surface area contributed by atoms with Gasteiger partial charge in [-0.25, -0.2) is 4.39 Å². The van der Waals surface area contributed by atoms with Crippen LogP contribution in [-0.2, 0) is 0 Å². The van der Waals surface area contributed by atoms with E-state index in [0.717, 1.165) is 6.07 Å². The van der Waals surface area contributed by atoms with Crippen molar-refractivity contribution in [1.29, 1.82) is 0 Å². The molecule has 0 heterocycles. The Labute approximate surface area is 146 Å². The van der Waals surface area contributed by atoms with Crippen LogP contribution in [0.3, 0.4) is 0 Å². The van der Waals surface area contributed by atoms with Gasteiger partial charge in [-0.1, -0.05) is 23.7 Å². The molecule has 24 heavy (non-hydrogen) atoms. The van der Waals surface area contributed by atoms with Gasteiger partial charge in [0, 0.05) is 11.8 Å². The van der Waals surface area contributed by atoms with Gasteiger partial charge >= 0.3 is 0 Å². The summed E-state index contributed by atoms with van der Waals surface area (Å²) >= 11 is 10.8. The molecule has 2 aromatic rings. The average Bonchev–Trinajstić information content (AvgIpc) is 2.50. The number of amides is 1. The number of anilines is 1. The summed E-state index contributed by atoms with van der Waals surface area (Å²) in [5, 5.41) is 15.7. The summed E-state index contributed by atoms with van der Waals surface area (Å²) < 4.78 is 13.5. The highest BCUT2D eigenvalue weighted by Gasteiger charge is 2.17. The predicted molar refractivity (Wildman–Crippen MR) is 92.9 cm³/mol. The van der Waals surface area contributed by atoms with Gasteiger partial charge in [-0.05, 0) is 42.9 Å². The van der Waals surface area contributed by atoms with Crippen LogP contribution in [0.15, 0.2) is 36.4 Å². The van der Waals surface area contributed by atoms with Crippen LogP contribution in [0.4, 0.5) is 15.8 Å². The van der Waals surface area contributed by atoms with Crippen LogP contribution in [0.1, 0.15) is 15.9 Å². The highest BCUT2D eigenvalue weighted by molar-refractivity contribution is 7.80. The molecule has 124 valence electrons. The molecule has 6 nitrogen and oxygen atoms in total. The molecular weight excluding hydrogens is 357 g/mol. The van der Waals surface area contributed by atoms with E-state index in [1.807, 2.05) is 0 Å². The highest BCUT2D eigenvalue weighted by atomic mass is 35.5. The molecule has 9 heteroatoms. The molecule has 2 rings (SSSR count). The first-order valence-electron chi connectivity index (χ1n) is 6.61. The minimum absolute atomic E-state index is 0.0728. The quantitative estimate of drug-likeness (QED) is 0.489. The summed E-state index contributed by atoms with van der Waals surface area (Å²) in [7, 11) is 0. The summed E-state index contributed by atoms with van der Waals surface area (Å²) in [5.74, 6) is -1.39. The topological polar surface area (TPSA) is 84.3 Å². The molecule has 0 saturated heterocycles. The van der Waals surface area contributed by atoms with Crippen molar-refractivity contribution in [1.82, 2.24) is 5.32 Å². The second-order valence-electron chi connectivity index (χ2n) is 4.76. The molecule has 0 fully saturated rings. The average molecular weight is 368 g/mol. The molecule has 0 saturated carbocycles. The van der Waals surface area contributed by atoms with Crippen LogP contribution in [0.2, 0.25) is 5.02 Å². The van der Waals surface area contributed by atoms with Crippen LogP contribution in [-0.4, -0.2) is 15.9 Å². The fourth-order valence-electron chi connectivity index (χ4n) is 1.91. The van der Waals surface area contributed by atoms with Gasteiger partial charge in [0.1, 0.15) is 10.8 Å². The van der Waals surface area contributed by atoms with E-state index in [1.54, 1.807) is 6.92 Å². The number of aryl methyl sites for hydroxylation is 1. The Morgan fingerprint density at radius 2 is 2.00 bits per heavy atom. The molecule has 0 aromatic heterocycles. The lowest BCUT2D eigenvalue weighted by molar-refractivity contribution is -0.384. The molecule has 0 radical (unpaired) electrons. The number of nitrogens with zero attached hydrogens (tertiary/aromatic N) is 1. The van der Waals surface area contributed by atoms with Gasteiger partial charge in [-0.3, -0.25) is 20.2 Å². The van der Waals surface area contributed by atoms with Crippen molar-refractivity contribution in [2.24, 2.45) is 0 Å². The maximum Gasteiger partial charge on any atom is 0.288 e. The summed E-state index contributed by atoms with van der Waals surface area (Å²) in [6.45, 7) is 1.62. The number of thiocarbonyl (C=S) groups is 1. The third-order valence-corrected chi connectivity index (χ3v) is 3.59. The number of nitrogens with one attached hydrogen (secondary N) is 2. The number of hydrogen-bond acceptors (Lipinski definition) is 4. The van der Waals surface area contributed by atoms with Crippen molar-refractivity contribution in [3.63, 3.8) is 0 Å². The summed E-state index contributed by atoms with van der Waals surface area (Å²) in [4.78, 5) is 22.2. The summed E-state index contributed by atoms with van der Waals surface area (Å²) in [6.07, 6.45) is 0. The van der Waals surface area contributed by atoms with Crippen LogP contribution < -0.4 is 10.6 Å². The predicted octanol–water partition coefficient (Wildman–Crippen LogP) is 3.82. The lowest BCUT2D eigenvalue weighted by atomic mass is 10.2. The Bertz CT molecular complexity index is 845. The molecule has 2 aromatic carbocycles. The molecule has 0 aliphatic carbocycles. The number of benzene rings is 2. The minimum atomic E-state index is -0.712. The van der Waals surface area contributed by atoms with Crippen LogP contribution in [0.25, 0.3) is 0 Å². The van der Waals surface area contributed by atoms with Crippen molar-refractivity contribution in [3.05, 3.63) is 68.5 Å². The minimum Gasteiger partial charge on any atom is -0.332 e. The van der Waals surface area contributed by atoms with Crippen molar-refractivity contribution < 1.29 is 14.1 Å². The van der Waals surface area contributed by atoms with E-state index in [-0.39, 0.29) is 21.4 Å². The first-order chi connectivity index (χ1) is 11.3. The largest absolute Gasteiger partial charge is 0.332 e. The Morgan fingerprint density at radius 1 is 1.33 bits per heavy atom. The molecule has 0 aliphatic rings. The number of carbonyl (C=O) groups excluding carboxylic acids is 1. The lowest BCUT2D eigenvalue weighted by Gasteiger charge is -2.12. The smallest absolute Gasteiger partial charge is 0.288 e. The fourth-order valence-corrected chi connectivity index (χ4v) is 2.35. The number of nitro groups is 1. The van der Waals surface area contributed by atoms with Crippen LogP contribution >= 0.6 is 23.8 Å². The zero-order valence-electron chi connectivity index (χ0n) is 12.3. The van der Waals surface area contributed by atoms with Gasteiger partial charge in [0.05, 0.1) is 10.5 Å². The molecule has 1 amide bonds. The second-order valence-corrected chi connectivity index (χ2v) is 5.58. The second kappa shape index (κ2) is 7.33. The first-order valence-corrected chi connectivity index (χ1v) is 7.39. The number of halogens is 2. The number of rotatable bonds is 3. The van der Waals surface area contributed by atoms with Crippen molar-refractivity contribution in [2.45, 2.75) is 6.92 Å². The van der Waals surface area contributed by atoms with E-state index in [2.05, 4.69) is 10.6 Å². The zero-order valence-corrected chi connectivity index (χ0v) is 13.9. The Hall–Kier alpha value is -2.58. The van der Waals surface area contributed by atoms with E-state index in [0.29, 0.717) is 11.3 Å². The number of carbonyl (C=O) groups is 1. The van der Waals surface area contributed by atoms with E-state index >= 15 is 0 Å². The van der Waals surface area contributed by atoms with E-state index in [1.165, 1.54) is 30.3 Å². The van der Waals surface area contributed by atoms with E-state index in [4.69, 9.17) is 23.8 Å². The monoisotopic (exact) mass is 367 g/mol. The Kier molecular flexibility index (Phi) is 5.42. The molecule has 2 N–H and O–H groups in total. The van der Waals surface area contributed by atoms with Gasteiger partial charge in [-0.15, -0.1) is 0 Å². The third-order valence-electron chi connectivity index (χ3n) is 3.08. The number of nitro benzene ring substituents is 1. The summed E-state index contributed by atoms with van der Waals surface area (Å²) in [6, 6.07) is 8.08. The van der Waals surface area contributed by atoms with Gasteiger partial charge in [0.2, 0.25) is 0 Å².